The zero-order valence-corrected chi connectivity index (χ0v) is 18.3. The summed E-state index contributed by atoms with van der Waals surface area (Å²) in [6, 6.07) is 23.3. The van der Waals surface area contributed by atoms with Crippen LogP contribution in [-0.4, -0.2) is 33.0 Å². The van der Waals surface area contributed by atoms with Crippen LogP contribution in [0.25, 0.3) is 0 Å². The normalized spacial score (nSPS) is 19.5. The molecule has 1 saturated heterocycles. The third-order valence-corrected chi connectivity index (χ3v) is 7.11. The Bertz CT molecular complexity index is 1100. The molecular formula is C25H26FNO3S. The third-order valence-electron chi connectivity index (χ3n) is 5.81. The van der Waals surface area contributed by atoms with Crippen molar-refractivity contribution in [1.82, 2.24) is 4.90 Å². The zero-order valence-electron chi connectivity index (χ0n) is 17.4. The second kappa shape index (κ2) is 9.30. The molecule has 4 rings (SSSR count). The Kier molecular flexibility index (Phi) is 6.51. The molecule has 0 saturated carbocycles. The molecule has 0 aliphatic carbocycles. The molecular weight excluding hydrogens is 413 g/mol. The fourth-order valence-corrected chi connectivity index (χ4v) is 5.10. The molecule has 162 valence electrons. The molecule has 1 aliphatic heterocycles. The van der Waals surface area contributed by atoms with Gasteiger partial charge in [-0.3, -0.25) is 9.08 Å². The Morgan fingerprint density at radius 2 is 1.61 bits per heavy atom. The molecule has 0 unspecified atom stereocenters. The van der Waals surface area contributed by atoms with Gasteiger partial charge in [-0.05, 0) is 42.3 Å². The fourth-order valence-electron chi connectivity index (χ4n) is 4.14. The van der Waals surface area contributed by atoms with Crippen LogP contribution in [0, 0.1) is 18.7 Å². The van der Waals surface area contributed by atoms with E-state index < -0.39 is 10.1 Å². The molecule has 4 nitrogen and oxygen atoms in total. The second-order valence-corrected chi connectivity index (χ2v) is 9.76. The minimum atomic E-state index is -3.83. The van der Waals surface area contributed by atoms with Gasteiger partial charge in [0.25, 0.3) is 10.1 Å². The maximum absolute atomic E-state index is 13.4. The van der Waals surface area contributed by atoms with Gasteiger partial charge >= 0.3 is 0 Å². The van der Waals surface area contributed by atoms with E-state index in [4.69, 9.17) is 4.18 Å². The van der Waals surface area contributed by atoms with Crippen LogP contribution < -0.4 is 0 Å². The lowest BCUT2D eigenvalue weighted by Gasteiger charge is -2.18. The minimum Gasteiger partial charge on any atom is -0.298 e. The molecule has 3 aromatic carbocycles. The Labute approximate surface area is 183 Å². The van der Waals surface area contributed by atoms with E-state index in [1.165, 1.54) is 17.7 Å². The standard InChI is InChI=1S/C25H26FNO3S/c1-19-7-13-24(14-8-19)31(28,29)30-18-22-16-27(15-20-5-3-2-4-6-20)17-25(22)21-9-11-23(26)12-10-21/h2-14,22,25H,15-18H2,1H3/t22-,25-/m0/s1. The Morgan fingerprint density at radius 1 is 0.935 bits per heavy atom. The molecule has 0 N–H and O–H groups in total. The molecule has 1 heterocycles. The summed E-state index contributed by atoms with van der Waals surface area (Å²) in [5, 5.41) is 0. The van der Waals surface area contributed by atoms with Gasteiger partial charge in [0.1, 0.15) is 5.82 Å². The summed E-state index contributed by atoms with van der Waals surface area (Å²) < 4.78 is 44.3. The summed E-state index contributed by atoms with van der Waals surface area (Å²) in [6.07, 6.45) is 0. The monoisotopic (exact) mass is 439 g/mol. The first kappa shape index (κ1) is 21.7. The van der Waals surface area contributed by atoms with Crippen molar-refractivity contribution in [1.29, 1.82) is 0 Å². The van der Waals surface area contributed by atoms with Crippen LogP contribution in [0.4, 0.5) is 4.39 Å². The van der Waals surface area contributed by atoms with Gasteiger partial charge in [-0.25, -0.2) is 4.39 Å². The van der Waals surface area contributed by atoms with Gasteiger partial charge in [-0.2, -0.15) is 8.42 Å². The molecule has 0 spiro atoms. The number of hydrogen-bond acceptors (Lipinski definition) is 4. The highest BCUT2D eigenvalue weighted by atomic mass is 32.2. The van der Waals surface area contributed by atoms with Gasteiger partial charge in [0.2, 0.25) is 0 Å². The van der Waals surface area contributed by atoms with Gasteiger partial charge in [0.05, 0.1) is 11.5 Å². The first-order valence-corrected chi connectivity index (χ1v) is 11.8. The number of benzene rings is 3. The predicted octanol–water partition coefficient (Wildman–Crippen LogP) is 4.76. The largest absolute Gasteiger partial charge is 0.298 e. The van der Waals surface area contributed by atoms with E-state index in [2.05, 4.69) is 17.0 Å². The third kappa shape index (κ3) is 5.39. The van der Waals surface area contributed by atoms with Crippen LogP contribution in [0.2, 0.25) is 0 Å². The minimum absolute atomic E-state index is 0.0191. The molecule has 0 aromatic heterocycles. The quantitative estimate of drug-likeness (QED) is 0.498. The summed E-state index contributed by atoms with van der Waals surface area (Å²) in [6.45, 7) is 4.24. The van der Waals surface area contributed by atoms with E-state index in [-0.39, 0.29) is 29.2 Å². The number of rotatable bonds is 7. The van der Waals surface area contributed by atoms with E-state index in [1.807, 2.05) is 25.1 Å². The second-order valence-electron chi connectivity index (χ2n) is 8.15. The molecule has 1 fully saturated rings. The Morgan fingerprint density at radius 3 is 2.29 bits per heavy atom. The summed E-state index contributed by atoms with van der Waals surface area (Å²) in [5.74, 6) is -0.232. The number of aryl methyl sites for hydroxylation is 1. The van der Waals surface area contributed by atoms with Crippen molar-refractivity contribution >= 4 is 10.1 Å². The summed E-state index contributed by atoms with van der Waals surface area (Å²) in [4.78, 5) is 2.46. The van der Waals surface area contributed by atoms with Crippen LogP contribution in [0.5, 0.6) is 0 Å². The number of hydrogen-bond donors (Lipinski definition) is 0. The lowest BCUT2D eigenvalue weighted by molar-refractivity contribution is 0.237. The van der Waals surface area contributed by atoms with Crippen LogP contribution in [0.1, 0.15) is 22.6 Å². The van der Waals surface area contributed by atoms with E-state index in [1.54, 1.807) is 36.4 Å². The molecule has 31 heavy (non-hydrogen) atoms. The van der Waals surface area contributed by atoms with Crippen LogP contribution in [-0.2, 0) is 20.8 Å². The predicted molar refractivity (Wildman–Crippen MR) is 119 cm³/mol. The maximum atomic E-state index is 13.4. The van der Waals surface area contributed by atoms with Crippen LogP contribution in [0.15, 0.2) is 83.8 Å². The summed E-state index contributed by atoms with van der Waals surface area (Å²) in [7, 11) is -3.83. The van der Waals surface area contributed by atoms with Crippen molar-refractivity contribution in [3.05, 3.63) is 101 Å². The molecule has 1 aliphatic rings. The molecule has 0 radical (unpaired) electrons. The number of nitrogens with zero attached hydrogens (tertiary/aromatic N) is 1. The van der Waals surface area contributed by atoms with E-state index in [9.17, 15) is 12.8 Å². The van der Waals surface area contributed by atoms with Crippen molar-refractivity contribution < 1.29 is 17.0 Å². The van der Waals surface area contributed by atoms with Gasteiger partial charge in [-0.1, -0.05) is 60.2 Å². The van der Waals surface area contributed by atoms with Gasteiger partial charge in [0, 0.05) is 31.5 Å². The van der Waals surface area contributed by atoms with E-state index >= 15 is 0 Å². The van der Waals surface area contributed by atoms with Gasteiger partial charge in [-0.15, -0.1) is 0 Å². The fraction of sp³-hybridized carbons (Fsp3) is 0.280. The zero-order chi connectivity index (χ0) is 21.8. The first-order valence-electron chi connectivity index (χ1n) is 10.4. The van der Waals surface area contributed by atoms with Crippen molar-refractivity contribution in [3.63, 3.8) is 0 Å². The smallest absolute Gasteiger partial charge is 0.296 e. The van der Waals surface area contributed by atoms with E-state index in [0.717, 1.165) is 24.2 Å². The van der Waals surface area contributed by atoms with Crippen LogP contribution in [0.3, 0.4) is 0 Å². The lowest BCUT2D eigenvalue weighted by atomic mass is 9.89. The Hall–Kier alpha value is -2.54. The van der Waals surface area contributed by atoms with Gasteiger partial charge in [0.15, 0.2) is 0 Å². The molecule has 6 heteroatoms. The summed E-state index contributed by atoms with van der Waals surface area (Å²) >= 11 is 0. The average Bonchev–Trinajstić information content (AvgIpc) is 3.16. The Balaban J connectivity index is 1.50. The highest BCUT2D eigenvalue weighted by Gasteiger charge is 2.35. The molecule has 0 bridgehead atoms. The van der Waals surface area contributed by atoms with E-state index in [0.29, 0.717) is 6.54 Å². The maximum Gasteiger partial charge on any atom is 0.296 e. The molecule has 0 amide bonds. The number of likely N-dealkylation sites (tertiary alicyclic amines) is 1. The highest BCUT2D eigenvalue weighted by Crippen LogP contribution is 2.34. The van der Waals surface area contributed by atoms with Gasteiger partial charge < -0.3 is 0 Å². The molecule has 3 aromatic rings. The van der Waals surface area contributed by atoms with Crippen molar-refractivity contribution in [2.24, 2.45) is 5.92 Å². The van der Waals surface area contributed by atoms with Crippen molar-refractivity contribution in [2.75, 3.05) is 19.7 Å². The average molecular weight is 440 g/mol. The first-order chi connectivity index (χ1) is 14.9. The lowest BCUT2D eigenvalue weighted by Crippen LogP contribution is -2.22. The van der Waals surface area contributed by atoms with Crippen molar-refractivity contribution in [3.8, 4) is 0 Å². The topological polar surface area (TPSA) is 46.6 Å². The summed E-state index contributed by atoms with van der Waals surface area (Å²) in [5.41, 5.74) is 3.19. The van der Waals surface area contributed by atoms with Crippen molar-refractivity contribution in [2.45, 2.75) is 24.3 Å². The highest BCUT2D eigenvalue weighted by molar-refractivity contribution is 7.86. The number of halogens is 1. The SMILES string of the molecule is Cc1ccc(S(=O)(=O)OC[C@@H]2CN(Cc3ccccc3)C[C@H]2c2ccc(F)cc2)cc1. The van der Waals surface area contributed by atoms with Crippen LogP contribution >= 0.6 is 0 Å². The molecule has 2 atom stereocenters.